The molecule has 1 amide bonds. The molecule has 3 aliphatic rings. The van der Waals surface area contributed by atoms with E-state index in [0.29, 0.717) is 13.2 Å². The van der Waals surface area contributed by atoms with Crippen molar-refractivity contribution in [1.29, 1.82) is 0 Å². The number of aromatic nitrogens is 1. The molecule has 2 atom stereocenters. The van der Waals surface area contributed by atoms with Crippen LogP contribution in [-0.4, -0.2) is 49.9 Å². The highest BCUT2D eigenvalue weighted by Crippen LogP contribution is 2.40. The summed E-state index contributed by atoms with van der Waals surface area (Å²) >= 11 is 0. The highest BCUT2D eigenvalue weighted by Gasteiger charge is 2.35. The standard InChI is InChI=1S/C24H30N4O3/c1-2-31-20-7-5-17(14-20)24(29)28-16-18-4-3-9-25-23(18)26-21-8-6-19(15-22(21)28)27-10-12-30-13-11-27/h3-4,6,8-9,15,17,20H,2,5,7,10-14,16H2,1H3,(H,25,26)/t17?,20-/m1/s1. The lowest BCUT2D eigenvalue weighted by atomic mass is 10.0. The Morgan fingerprint density at radius 2 is 2.13 bits per heavy atom. The van der Waals surface area contributed by atoms with Gasteiger partial charge in [-0.3, -0.25) is 4.79 Å². The average Bonchev–Trinajstić information content (AvgIpc) is 3.21. The number of nitrogens with one attached hydrogen (secondary N) is 1. The highest BCUT2D eigenvalue weighted by molar-refractivity contribution is 6.00. The molecule has 7 nitrogen and oxygen atoms in total. The average molecular weight is 423 g/mol. The van der Waals surface area contributed by atoms with E-state index < -0.39 is 0 Å². The number of hydrogen-bond donors (Lipinski definition) is 1. The summed E-state index contributed by atoms with van der Waals surface area (Å²) in [7, 11) is 0. The van der Waals surface area contributed by atoms with E-state index in [0.717, 1.165) is 74.0 Å². The Morgan fingerprint density at radius 1 is 1.26 bits per heavy atom. The number of rotatable bonds is 4. The summed E-state index contributed by atoms with van der Waals surface area (Å²) in [6.45, 7) is 6.42. The van der Waals surface area contributed by atoms with E-state index in [1.165, 1.54) is 0 Å². The summed E-state index contributed by atoms with van der Waals surface area (Å²) in [6.07, 6.45) is 4.61. The van der Waals surface area contributed by atoms with Gasteiger partial charge in [-0.1, -0.05) is 6.07 Å². The molecule has 1 aromatic carbocycles. The number of ether oxygens (including phenoxy) is 2. The van der Waals surface area contributed by atoms with Crippen LogP contribution < -0.4 is 15.1 Å². The third kappa shape index (κ3) is 4.12. The first kappa shape index (κ1) is 20.3. The van der Waals surface area contributed by atoms with Gasteiger partial charge in [0.05, 0.1) is 37.2 Å². The van der Waals surface area contributed by atoms with Crippen LogP contribution in [-0.2, 0) is 20.8 Å². The molecule has 1 saturated carbocycles. The van der Waals surface area contributed by atoms with Crippen LogP contribution in [0.4, 0.5) is 22.9 Å². The van der Waals surface area contributed by atoms with Crippen LogP contribution in [0.25, 0.3) is 0 Å². The lowest BCUT2D eigenvalue weighted by molar-refractivity contribution is -0.122. The second-order valence-corrected chi connectivity index (χ2v) is 8.45. The Kier molecular flexibility index (Phi) is 5.78. The maximum Gasteiger partial charge on any atom is 0.230 e. The Labute approximate surface area is 183 Å². The van der Waals surface area contributed by atoms with Crippen molar-refractivity contribution in [2.75, 3.05) is 48.0 Å². The van der Waals surface area contributed by atoms with E-state index in [2.05, 4.69) is 33.4 Å². The second-order valence-electron chi connectivity index (χ2n) is 8.45. The lowest BCUT2D eigenvalue weighted by Crippen LogP contribution is -2.37. The van der Waals surface area contributed by atoms with Crippen molar-refractivity contribution in [3.63, 3.8) is 0 Å². The van der Waals surface area contributed by atoms with Gasteiger partial charge in [0, 0.05) is 43.1 Å². The van der Waals surface area contributed by atoms with Crippen molar-refractivity contribution in [2.24, 2.45) is 5.92 Å². The summed E-state index contributed by atoms with van der Waals surface area (Å²) in [5.41, 5.74) is 3.99. The summed E-state index contributed by atoms with van der Waals surface area (Å²) in [5, 5.41) is 3.46. The van der Waals surface area contributed by atoms with Gasteiger partial charge in [-0.15, -0.1) is 0 Å². The van der Waals surface area contributed by atoms with Gasteiger partial charge >= 0.3 is 0 Å². The number of anilines is 4. The predicted molar refractivity (Wildman–Crippen MR) is 121 cm³/mol. The minimum atomic E-state index is -0.00494. The Hall–Kier alpha value is -2.64. The topological polar surface area (TPSA) is 66.9 Å². The SMILES string of the molecule is CCO[C@@H]1CCC(C(=O)N2Cc3cccnc3Nc3ccc(N4CCOCC4)cc32)C1. The van der Waals surface area contributed by atoms with E-state index in [9.17, 15) is 4.79 Å². The molecule has 2 fully saturated rings. The summed E-state index contributed by atoms with van der Waals surface area (Å²) in [6, 6.07) is 10.3. The molecule has 3 heterocycles. The van der Waals surface area contributed by atoms with Gasteiger partial charge < -0.3 is 24.6 Å². The van der Waals surface area contributed by atoms with Crippen molar-refractivity contribution in [3.8, 4) is 0 Å². The zero-order valence-electron chi connectivity index (χ0n) is 18.0. The van der Waals surface area contributed by atoms with Crippen LogP contribution in [0.5, 0.6) is 0 Å². The molecule has 1 saturated heterocycles. The largest absolute Gasteiger partial charge is 0.378 e. The molecule has 7 heteroatoms. The molecular weight excluding hydrogens is 392 g/mol. The van der Waals surface area contributed by atoms with E-state index in [1.54, 1.807) is 6.20 Å². The maximum absolute atomic E-state index is 13.8. The molecule has 2 aromatic rings. The van der Waals surface area contributed by atoms with Crippen molar-refractivity contribution < 1.29 is 14.3 Å². The molecular formula is C24H30N4O3. The normalized spacial score (nSPS) is 23.0. The number of fused-ring (bicyclic) bond motifs is 2. The van der Waals surface area contributed by atoms with E-state index in [1.807, 2.05) is 24.0 Å². The van der Waals surface area contributed by atoms with Crippen molar-refractivity contribution in [3.05, 3.63) is 42.1 Å². The van der Waals surface area contributed by atoms with E-state index in [4.69, 9.17) is 9.47 Å². The fraction of sp³-hybridized carbons (Fsp3) is 0.500. The summed E-state index contributed by atoms with van der Waals surface area (Å²) in [4.78, 5) is 22.6. The fourth-order valence-corrected chi connectivity index (χ4v) is 4.90. The summed E-state index contributed by atoms with van der Waals surface area (Å²) in [5.74, 6) is 0.993. The van der Waals surface area contributed by atoms with Gasteiger partial charge in [-0.25, -0.2) is 4.98 Å². The number of carbonyl (C=O) groups is 1. The number of hydrogen-bond acceptors (Lipinski definition) is 6. The smallest absolute Gasteiger partial charge is 0.230 e. The Bertz CT molecular complexity index is 944. The van der Waals surface area contributed by atoms with Gasteiger partial charge in [-0.2, -0.15) is 0 Å². The van der Waals surface area contributed by atoms with Crippen LogP contribution in [0.1, 0.15) is 31.7 Å². The van der Waals surface area contributed by atoms with Crippen LogP contribution in [0.2, 0.25) is 0 Å². The minimum Gasteiger partial charge on any atom is -0.378 e. The minimum absolute atomic E-state index is 0.00494. The van der Waals surface area contributed by atoms with Gasteiger partial charge in [-0.05, 0) is 50.5 Å². The van der Waals surface area contributed by atoms with Crippen molar-refractivity contribution >= 4 is 28.8 Å². The quantitative estimate of drug-likeness (QED) is 0.810. The van der Waals surface area contributed by atoms with Gasteiger partial charge in [0.2, 0.25) is 5.91 Å². The zero-order chi connectivity index (χ0) is 21.2. The third-order valence-electron chi connectivity index (χ3n) is 6.52. The van der Waals surface area contributed by atoms with Gasteiger partial charge in [0.25, 0.3) is 0 Å². The first-order chi connectivity index (χ1) is 15.2. The van der Waals surface area contributed by atoms with Crippen LogP contribution in [0.15, 0.2) is 36.5 Å². The van der Waals surface area contributed by atoms with Crippen LogP contribution in [0, 0.1) is 5.92 Å². The molecule has 0 spiro atoms. The fourth-order valence-electron chi connectivity index (χ4n) is 4.90. The molecule has 2 aliphatic heterocycles. The number of nitrogens with zero attached hydrogens (tertiary/aromatic N) is 3. The Balaban J connectivity index is 1.49. The van der Waals surface area contributed by atoms with Gasteiger partial charge in [0.1, 0.15) is 5.82 Å². The number of morpholine rings is 1. The molecule has 164 valence electrons. The summed E-state index contributed by atoms with van der Waals surface area (Å²) < 4.78 is 11.3. The highest BCUT2D eigenvalue weighted by atomic mass is 16.5. The maximum atomic E-state index is 13.8. The molecule has 1 unspecified atom stereocenters. The van der Waals surface area contributed by atoms with Gasteiger partial charge in [0.15, 0.2) is 0 Å². The van der Waals surface area contributed by atoms with Crippen LogP contribution >= 0.6 is 0 Å². The molecule has 1 N–H and O–H groups in total. The van der Waals surface area contributed by atoms with Crippen molar-refractivity contribution in [1.82, 2.24) is 4.98 Å². The van der Waals surface area contributed by atoms with E-state index in [-0.39, 0.29) is 17.9 Å². The Morgan fingerprint density at radius 3 is 2.97 bits per heavy atom. The van der Waals surface area contributed by atoms with E-state index >= 15 is 0 Å². The zero-order valence-corrected chi connectivity index (χ0v) is 18.0. The second kappa shape index (κ2) is 8.85. The number of pyridine rings is 1. The van der Waals surface area contributed by atoms with Crippen LogP contribution in [0.3, 0.4) is 0 Å². The lowest BCUT2D eigenvalue weighted by Gasteiger charge is -2.31. The molecule has 0 radical (unpaired) electrons. The first-order valence-corrected chi connectivity index (χ1v) is 11.3. The molecule has 1 aromatic heterocycles. The number of carbonyl (C=O) groups excluding carboxylic acids is 1. The first-order valence-electron chi connectivity index (χ1n) is 11.3. The molecule has 31 heavy (non-hydrogen) atoms. The monoisotopic (exact) mass is 422 g/mol. The number of amides is 1. The molecule has 0 bridgehead atoms. The predicted octanol–water partition coefficient (Wildman–Crippen LogP) is 3.71. The molecule has 1 aliphatic carbocycles. The number of benzene rings is 1. The third-order valence-corrected chi connectivity index (χ3v) is 6.52. The molecule has 5 rings (SSSR count). The van der Waals surface area contributed by atoms with Crippen molar-refractivity contribution in [2.45, 2.75) is 38.8 Å².